The average molecular weight is 172 g/mol. The molecule has 0 heterocycles. The van der Waals surface area contributed by atoms with Crippen molar-refractivity contribution in [1.82, 2.24) is 0 Å². The van der Waals surface area contributed by atoms with Crippen LogP contribution in [0.1, 0.15) is 47.0 Å². The van der Waals surface area contributed by atoms with Crippen LogP contribution in [0.25, 0.3) is 0 Å². The van der Waals surface area contributed by atoms with Crippen LogP contribution in [0.5, 0.6) is 0 Å². The molecule has 0 aromatic rings. The van der Waals surface area contributed by atoms with Gasteiger partial charge in [0.05, 0.1) is 5.41 Å². The molecule has 72 valence electrons. The lowest BCUT2D eigenvalue weighted by molar-refractivity contribution is -0.150. The predicted octanol–water partition coefficient (Wildman–Crippen LogP) is 2.92. The smallest absolute Gasteiger partial charge is 0.309 e. The van der Waals surface area contributed by atoms with Crippen LogP contribution in [0.3, 0.4) is 0 Å². The van der Waals surface area contributed by atoms with Gasteiger partial charge in [-0.05, 0) is 25.2 Å². The lowest BCUT2D eigenvalue weighted by atomic mass is 9.76. The van der Waals surface area contributed by atoms with Gasteiger partial charge in [0.2, 0.25) is 0 Å². The number of carbonyl (C=O) groups is 1. The Hall–Kier alpha value is -0.530. The molecule has 0 fully saturated rings. The zero-order valence-corrected chi connectivity index (χ0v) is 8.55. The highest BCUT2D eigenvalue weighted by molar-refractivity contribution is 5.74. The van der Waals surface area contributed by atoms with Gasteiger partial charge in [0, 0.05) is 0 Å². The van der Waals surface area contributed by atoms with E-state index in [1.165, 1.54) is 0 Å². The summed E-state index contributed by atoms with van der Waals surface area (Å²) < 4.78 is 0. The fourth-order valence-electron chi connectivity index (χ4n) is 1.71. The van der Waals surface area contributed by atoms with E-state index in [9.17, 15) is 4.79 Å². The molecule has 0 unspecified atom stereocenters. The van der Waals surface area contributed by atoms with Crippen molar-refractivity contribution < 1.29 is 9.90 Å². The van der Waals surface area contributed by atoms with Gasteiger partial charge >= 0.3 is 5.97 Å². The van der Waals surface area contributed by atoms with Crippen molar-refractivity contribution in [2.45, 2.75) is 47.0 Å². The van der Waals surface area contributed by atoms with Gasteiger partial charge in [-0.3, -0.25) is 4.79 Å². The molecule has 0 aliphatic carbocycles. The van der Waals surface area contributed by atoms with E-state index < -0.39 is 11.4 Å². The second-order valence-corrected chi connectivity index (χ2v) is 3.89. The highest BCUT2D eigenvalue weighted by atomic mass is 16.4. The third-order valence-electron chi connectivity index (χ3n) is 2.61. The van der Waals surface area contributed by atoms with E-state index in [0.29, 0.717) is 5.92 Å². The Bertz CT molecular complexity index is 146. The summed E-state index contributed by atoms with van der Waals surface area (Å²) in [6.45, 7) is 8.06. The molecule has 0 spiro atoms. The number of carboxylic acids is 1. The molecule has 0 amide bonds. The fraction of sp³-hybridized carbons (Fsp3) is 0.900. The van der Waals surface area contributed by atoms with Crippen molar-refractivity contribution in [1.29, 1.82) is 0 Å². The molecule has 0 aromatic carbocycles. The lowest BCUT2D eigenvalue weighted by Gasteiger charge is -2.28. The van der Waals surface area contributed by atoms with Gasteiger partial charge in [0.1, 0.15) is 0 Å². The summed E-state index contributed by atoms with van der Waals surface area (Å²) in [6.07, 6.45) is 2.25. The van der Waals surface area contributed by atoms with Crippen molar-refractivity contribution in [3.05, 3.63) is 0 Å². The molecule has 0 rings (SSSR count). The molecule has 0 aromatic heterocycles. The Morgan fingerprint density at radius 2 is 1.75 bits per heavy atom. The maximum absolute atomic E-state index is 11.0. The minimum atomic E-state index is -0.638. The Morgan fingerprint density at radius 3 is 1.83 bits per heavy atom. The highest BCUT2D eigenvalue weighted by Crippen LogP contribution is 2.33. The predicted molar refractivity (Wildman–Crippen MR) is 50.1 cm³/mol. The third kappa shape index (κ3) is 2.50. The van der Waals surface area contributed by atoms with Crippen molar-refractivity contribution >= 4 is 5.97 Å². The Kier molecular flexibility index (Phi) is 4.29. The van der Waals surface area contributed by atoms with Crippen molar-refractivity contribution in [2.24, 2.45) is 11.3 Å². The van der Waals surface area contributed by atoms with Gasteiger partial charge in [-0.25, -0.2) is 0 Å². The summed E-state index contributed by atoms with van der Waals surface area (Å²) in [4.78, 5) is 11.0. The molecule has 1 N–H and O–H groups in total. The number of hydrogen-bond acceptors (Lipinski definition) is 1. The van der Waals surface area contributed by atoms with E-state index in [1.807, 2.05) is 13.8 Å². The Balaban J connectivity index is 4.46. The molecule has 0 saturated carbocycles. The van der Waals surface area contributed by atoms with Crippen LogP contribution in [0.2, 0.25) is 0 Å². The lowest BCUT2D eigenvalue weighted by Crippen LogP contribution is -2.31. The summed E-state index contributed by atoms with van der Waals surface area (Å²) in [5.74, 6) is -0.179. The maximum Gasteiger partial charge on any atom is 0.309 e. The van der Waals surface area contributed by atoms with E-state index in [2.05, 4.69) is 13.8 Å². The first-order valence-corrected chi connectivity index (χ1v) is 4.72. The van der Waals surface area contributed by atoms with Crippen LogP contribution >= 0.6 is 0 Å². The molecule has 0 aliphatic heterocycles. The van der Waals surface area contributed by atoms with E-state index >= 15 is 0 Å². The maximum atomic E-state index is 11.0. The zero-order valence-electron chi connectivity index (χ0n) is 8.55. The second-order valence-electron chi connectivity index (χ2n) is 3.89. The van der Waals surface area contributed by atoms with Crippen LogP contribution in [-0.4, -0.2) is 11.1 Å². The van der Waals surface area contributed by atoms with Gasteiger partial charge in [-0.2, -0.15) is 0 Å². The number of aliphatic carboxylic acids is 1. The van der Waals surface area contributed by atoms with E-state index in [0.717, 1.165) is 19.3 Å². The van der Waals surface area contributed by atoms with Crippen LogP contribution in [0.4, 0.5) is 0 Å². The minimum Gasteiger partial charge on any atom is -0.481 e. The largest absolute Gasteiger partial charge is 0.481 e. The quantitative estimate of drug-likeness (QED) is 0.692. The van der Waals surface area contributed by atoms with Gasteiger partial charge < -0.3 is 5.11 Å². The van der Waals surface area contributed by atoms with Gasteiger partial charge in [-0.15, -0.1) is 0 Å². The van der Waals surface area contributed by atoms with E-state index in [4.69, 9.17) is 5.11 Å². The Labute approximate surface area is 75.0 Å². The van der Waals surface area contributed by atoms with Crippen molar-refractivity contribution in [2.75, 3.05) is 0 Å². The topological polar surface area (TPSA) is 37.3 Å². The van der Waals surface area contributed by atoms with Crippen LogP contribution < -0.4 is 0 Å². The highest BCUT2D eigenvalue weighted by Gasteiger charge is 2.34. The van der Waals surface area contributed by atoms with Gasteiger partial charge in [0.15, 0.2) is 0 Å². The summed E-state index contributed by atoms with van der Waals surface area (Å²) >= 11 is 0. The monoisotopic (exact) mass is 172 g/mol. The third-order valence-corrected chi connectivity index (χ3v) is 2.61. The number of carboxylic acid groups (broad SMARTS) is 1. The first kappa shape index (κ1) is 11.5. The molecule has 0 radical (unpaired) electrons. The summed E-state index contributed by atoms with van der Waals surface area (Å²) in [5, 5.41) is 9.07. The minimum absolute atomic E-state index is 0.459. The molecular weight excluding hydrogens is 152 g/mol. The van der Waals surface area contributed by atoms with Crippen LogP contribution in [0, 0.1) is 11.3 Å². The molecule has 12 heavy (non-hydrogen) atoms. The Morgan fingerprint density at radius 1 is 1.33 bits per heavy atom. The van der Waals surface area contributed by atoms with Crippen molar-refractivity contribution in [3.63, 3.8) is 0 Å². The standard InChI is InChI=1S/C10H20O2/c1-5-10(6-2,9(11)12)7-8(3)4/h8H,5-7H2,1-4H3,(H,11,12). The molecule has 2 nitrogen and oxygen atoms in total. The van der Waals surface area contributed by atoms with E-state index in [1.54, 1.807) is 0 Å². The van der Waals surface area contributed by atoms with Crippen LogP contribution in [-0.2, 0) is 4.79 Å². The molecule has 0 saturated heterocycles. The molecule has 2 heteroatoms. The molecule has 0 aliphatic rings. The zero-order chi connectivity index (χ0) is 9.78. The molecular formula is C10H20O2. The first-order valence-electron chi connectivity index (χ1n) is 4.72. The molecule has 0 atom stereocenters. The fourth-order valence-corrected chi connectivity index (χ4v) is 1.71. The van der Waals surface area contributed by atoms with Gasteiger partial charge in [0.25, 0.3) is 0 Å². The SMILES string of the molecule is CCC(CC)(CC(C)C)C(=O)O. The normalized spacial score (nSPS) is 12.1. The first-order chi connectivity index (χ1) is 5.48. The number of rotatable bonds is 5. The summed E-state index contributed by atoms with van der Waals surface area (Å²) in [7, 11) is 0. The summed E-state index contributed by atoms with van der Waals surface area (Å²) in [5.41, 5.74) is -0.478. The second kappa shape index (κ2) is 4.48. The van der Waals surface area contributed by atoms with Crippen molar-refractivity contribution in [3.8, 4) is 0 Å². The average Bonchev–Trinajstić information content (AvgIpc) is 1.99. The van der Waals surface area contributed by atoms with Crippen LogP contribution in [0.15, 0.2) is 0 Å². The van der Waals surface area contributed by atoms with E-state index in [-0.39, 0.29) is 0 Å². The van der Waals surface area contributed by atoms with Gasteiger partial charge in [-0.1, -0.05) is 27.7 Å². The summed E-state index contributed by atoms with van der Waals surface area (Å²) in [6, 6.07) is 0. The number of hydrogen-bond donors (Lipinski definition) is 1. The molecule has 0 bridgehead atoms.